The van der Waals surface area contributed by atoms with Gasteiger partial charge in [-0.05, 0) is 26.0 Å². The van der Waals surface area contributed by atoms with Gasteiger partial charge in [0.1, 0.15) is 16.6 Å². The molecular weight excluding hydrogens is 314 g/mol. The van der Waals surface area contributed by atoms with E-state index in [0.717, 1.165) is 16.9 Å². The molecule has 118 valence electrons. The summed E-state index contributed by atoms with van der Waals surface area (Å²) in [4.78, 5) is 4.60. The van der Waals surface area contributed by atoms with Crippen LogP contribution in [-0.4, -0.2) is 4.98 Å². The van der Waals surface area contributed by atoms with Gasteiger partial charge in [-0.1, -0.05) is 47.5 Å². The molecule has 0 bridgehead atoms. The van der Waals surface area contributed by atoms with E-state index in [2.05, 4.69) is 47.6 Å². The highest BCUT2D eigenvalue weighted by Crippen LogP contribution is 2.26. The second-order valence-electron chi connectivity index (χ2n) is 5.58. The summed E-state index contributed by atoms with van der Waals surface area (Å²) in [5, 5.41) is 15.3. The highest BCUT2D eigenvalue weighted by Gasteiger charge is 2.08. The van der Waals surface area contributed by atoms with E-state index in [0.29, 0.717) is 10.6 Å². The zero-order valence-electron chi connectivity index (χ0n) is 13.6. The molecule has 0 amide bonds. The number of aryl methyl sites for hydroxylation is 2. The highest BCUT2D eigenvalue weighted by atomic mass is 32.1. The maximum atomic E-state index is 9.43. The van der Waals surface area contributed by atoms with Gasteiger partial charge in [-0.2, -0.15) is 5.26 Å². The number of anilines is 1. The Kier molecular flexibility index (Phi) is 4.74. The molecule has 3 nitrogen and oxygen atoms in total. The second-order valence-corrected chi connectivity index (χ2v) is 6.44. The zero-order chi connectivity index (χ0) is 16.9. The molecule has 0 aliphatic heterocycles. The van der Waals surface area contributed by atoms with Crippen molar-refractivity contribution < 1.29 is 0 Å². The lowest BCUT2D eigenvalue weighted by Gasteiger charge is -2.01. The van der Waals surface area contributed by atoms with Gasteiger partial charge in [-0.25, -0.2) is 4.98 Å². The molecule has 0 radical (unpaired) electrons. The van der Waals surface area contributed by atoms with E-state index in [9.17, 15) is 5.26 Å². The molecule has 1 N–H and O–H groups in total. The Morgan fingerprint density at radius 3 is 2.29 bits per heavy atom. The molecule has 0 aliphatic carbocycles. The van der Waals surface area contributed by atoms with Crippen LogP contribution in [-0.2, 0) is 0 Å². The molecule has 0 spiro atoms. The van der Waals surface area contributed by atoms with Gasteiger partial charge in [0.15, 0.2) is 0 Å². The number of hydrogen-bond acceptors (Lipinski definition) is 4. The fourth-order valence-electron chi connectivity index (χ4n) is 2.20. The molecule has 0 saturated heterocycles. The fourth-order valence-corrected chi connectivity index (χ4v) is 3.00. The summed E-state index contributed by atoms with van der Waals surface area (Å²) < 4.78 is 0. The van der Waals surface area contributed by atoms with Crippen molar-refractivity contribution in [1.29, 1.82) is 5.26 Å². The normalized spacial score (nSPS) is 11.1. The SMILES string of the molecule is Cc1ccc(N/C=C(\C#N)c2nc(-c3ccc(C)cc3)cs2)cc1. The molecule has 2 aromatic carbocycles. The molecule has 0 atom stereocenters. The largest absolute Gasteiger partial charge is 0.360 e. The quantitative estimate of drug-likeness (QED) is 0.651. The lowest BCUT2D eigenvalue weighted by molar-refractivity contribution is 1.35. The summed E-state index contributed by atoms with van der Waals surface area (Å²) in [7, 11) is 0. The smallest absolute Gasteiger partial charge is 0.136 e. The molecule has 0 saturated carbocycles. The Bertz CT molecular complexity index is 897. The molecular formula is C20H17N3S. The monoisotopic (exact) mass is 331 g/mol. The average molecular weight is 331 g/mol. The van der Waals surface area contributed by atoms with Crippen LogP contribution < -0.4 is 5.32 Å². The third-order valence-corrected chi connectivity index (χ3v) is 4.51. The number of aromatic nitrogens is 1. The minimum absolute atomic E-state index is 0.527. The standard InChI is InChI=1S/C20H17N3S/c1-14-3-7-16(8-4-14)19-13-24-20(23-19)17(11-21)12-22-18-9-5-15(2)6-10-18/h3-10,12-13,22H,1-2H3/b17-12+. The van der Waals surface area contributed by atoms with E-state index in [1.807, 2.05) is 36.6 Å². The Morgan fingerprint density at radius 1 is 1.04 bits per heavy atom. The lowest BCUT2D eigenvalue weighted by Crippen LogP contribution is -1.91. The summed E-state index contributed by atoms with van der Waals surface area (Å²) >= 11 is 1.48. The summed E-state index contributed by atoms with van der Waals surface area (Å²) in [6, 6.07) is 18.5. The average Bonchev–Trinajstić information content (AvgIpc) is 3.08. The van der Waals surface area contributed by atoms with Crippen molar-refractivity contribution in [2.75, 3.05) is 5.32 Å². The van der Waals surface area contributed by atoms with E-state index >= 15 is 0 Å². The van der Waals surface area contributed by atoms with Crippen LogP contribution in [0.2, 0.25) is 0 Å². The first-order chi connectivity index (χ1) is 11.7. The predicted octanol–water partition coefficient (Wildman–Crippen LogP) is 5.40. The Balaban J connectivity index is 1.81. The van der Waals surface area contributed by atoms with Gasteiger partial charge in [0.05, 0.1) is 5.69 Å². The molecule has 4 heteroatoms. The molecule has 1 aromatic heterocycles. The van der Waals surface area contributed by atoms with Crippen molar-refractivity contribution in [2.45, 2.75) is 13.8 Å². The number of nitriles is 1. The minimum atomic E-state index is 0.527. The van der Waals surface area contributed by atoms with Crippen molar-refractivity contribution in [3.63, 3.8) is 0 Å². The van der Waals surface area contributed by atoms with Gasteiger partial charge in [0.25, 0.3) is 0 Å². The van der Waals surface area contributed by atoms with Gasteiger partial charge >= 0.3 is 0 Å². The number of benzene rings is 2. The van der Waals surface area contributed by atoms with Crippen LogP contribution in [0, 0.1) is 25.2 Å². The third kappa shape index (κ3) is 3.70. The van der Waals surface area contributed by atoms with Crippen LogP contribution in [0.15, 0.2) is 60.1 Å². The zero-order valence-corrected chi connectivity index (χ0v) is 14.4. The third-order valence-electron chi connectivity index (χ3n) is 3.64. The minimum Gasteiger partial charge on any atom is -0.360 e. The Labute approximate surface area is 145 Å². The maximum Gasteiger partial charge on any atom is 0.136 e. The first kappa shape index (κ1) is 16.0. The predicted molar refractivity (Wildman–Crippen MR) is 101 cm³/mol. The summed E-state index contributed by atoms with van der Waals surface area (Å²) in [6.07, 6.45) is 1.71. The maximum absolute atomic E-state index is 9.43. The number of nitrogens with one attached hydrogen (secondary N) is 1. The van der Waals surface area contributed by atoms with Crippen molar-refractivity contribution in [3.05, 3.63) is 76.2 Å². The summed E-state index contributed by atoms with van der Waals surface area (Å²) in [5.41, 5.74) is 5.85. The molecule has 3 aromatic rings. The van der Waals surface area contributed by atoms with Gasteiger partial charge < -0.3 is 5.32 Å². The van der Waals surface area contributed by atoms with Crippen molar-refractivity contribution in [2.24, 2.45) is 0 Å². The molecule has 0 fully saturated rings. The van der Waals surface area contributed by atoms with E-state index in [-0.39, 0.29) is 0 Å². The second kappa shape index (κ2) is 7.12. The number of thiazole rings is 1. The molecule has 3 rings (SSSR count). The summed E-state index contributed by atoms with van der Waals surface area (Å²) in [5.74, 6) is 0. The van der Waals surface area contributed by atoms with Gasteiger partial charge in [0, 0.05) is 22.8 Å². The van der Waals surface area contributed by atoms with E-state index in [1.165, 1.54) is 22.5 Å². The Morgan fingerprint density at radius 2 is 1.67 bits per heavy atom. The lowest BCUT2D eigenvalue weighted by atomic mass is 10.1. The van der Waals surface area contributed by atoms with E-state index < -0.39 is 0 Å². The topological polar surface area (TPSA) is 48.7 Å². The van der Waals surface area contributed by atoms with E-state index in [4.69, 9.17) is 0 Å². The summed E-state index contributed by atoms with van der Waals surface area (Å²) in [6.45, 7) is 4.10. The van der Waals surface area contributed by atoms with Crippen LogP contribution in [0.25, 0.3) is 16.8 Å². The van der Waals surface area contributed by atoms with Crippen LogP contribution in [0.4, 0.5) is 5.69 Å². The van der Waals surface area contributed by atoms with E-state index in [1.54, 1.807) is 6.20 Å². The molecule has 0 aliphatic rings. The van der Waals surface area contributed by atoms with Gasteiger partial charge in [-0.3, -0.25) is 0 Å². The van der Waals surface area contributed by atoms with Crippen LogP contribution >= 0.6 is 11.3 Å². The van der Waals surface area contributed by atoms with Crippen LogP contribution in [0.5, 0.6) is 0 Å². The van der Waals surface area contributed by atoms with Crippen LogP contribution in [0.3, 0.4) is 0 Å². The van der Waals surface area contributed by atoms with Crippen molar-refractivity contribution in [1.82, 2.24) is 4.98 Å². The molecule has 24 heavy (non-hydrogen) atoms. The Hall–Kier alpha value is -2.90. The molecule has 0 unspecified atom stereocenters. The number of hydrogen-bond donors (Lipinski definition) is 1. The van der Waals surface area contributed by atoms with Crippen molar-refractivity contribution in [3.8, 4) is 17.3 Å². The molecule has 1 heterocycles. The first-order valence-corrected chi connectivity index (χ1v) is 8.50. The number of allylic oxidation sites excluding steroid dienone is 1. The number of nitrogens with zero attached hydrogens (tertiary/aromatic N) is 2. The number of rotatable bonds is 4. The van der Waals surface area contributed by atoms with Gasteiger partial charge in [-0.15, -0.1) is 11.3 Å². The first-order valence-electron chi connectivity index (χ1n) is 7.62. The van der Waals surface area contributed by atoms with Crippen LogP contribution in [0.1, 0.15) is 16.1 Å². The highest BCUT2D eigenvalue weighted by molar-refractivity contribution is 7.11. The van der Waals surface area contributed by atoms with Gasteiger partial charge in [0.2, 0.25) is 0 Å². The van der Waals surface area contributed by atoms with Crippen molar-refractivity contribution >= 4 is 22.6 Å². The fraction of sp³-hybridized carbons (Fsp3) is 0.100.